The fourth-order valence-electron chi connectivity index (χ4n) is 2.41. The highest BCUT2D eigenvalue weighted by atomic mass is 35.5. The number of halogens is 2. The zero-order chi connectivity index (χ0) is 16.9. The smallest absolute Gasteiger partial charge is 0.221 e. The molecule has 0 aromatic heterocycles. The van der Waals surface area contributed by atoms with Gasteiger partial charge in [-0.3, -0.25) is 4.79 Å². The van der Waals surface area contributed by atoms with E-state index in [1.807, 2.05) is 44.2 Å². The van der Waals surface area contributed by atoms with Crippen LogP contribution in [0.5, 0.6) is 0 Å². The van der Waals surface area contributed by atoms with E-state index in [4.69, 9.17) is 5.73 Å². The van der Waals surface area contributed by atoms with E-state index in [0.717, 1.165) is 11.1 Å². The van der Waals surface area contributed by atoms with Crippen molar-refractivity contribution >= 4 is 18.3 Å². The van der Waals surface area contributed by atoms with Gasteiger partial charge in [0, 0.05) is 24.4 Å². The van der Waals surface area contributed by atoms with Crippen LogP contribution >= 0.6 is 12.4 Å². The van der Waals surface area contributed by atoms with Gasteiger partial charge in [0.2, 0.25) is 5.91 Å². The molecule has 0 heterocycles. The first-order valence-electron chi connectivity index (χ1n) is 7.72. The van der Waals surface area contributed by atoms with E-state index in [1.165, 1.54) is 12.1 Å². The Hall–Kier alpha value is -1.91. The third-order valence-corrected chi connectivity index (χ3v) is 3.99. The zero-order valence-electron chi connectivity index (χ0n) is 14.0. The molecule has 1 amide bonds. The molecule has 0 saturated carbocycles. The molecule has 0 saturated heterocycles. The Morgan fingerprint density at radius 3 is 2.29 bits per heavy atom. The van der Waals surface area contributed by atoms with Gasteiger partial charge in [-0.2, -0.15) is 0 Å². The van der Waals surface area contributed by atoms with E-state index in [0.29, 0.717) is 6.54 Å². The molecule has 0 aliphatic carbocycles. The number of nitrogens with two attached hydrogens (primary N) is 1. The van der Waals surface area contributed by atoms with E-state index >= 15 is 0 Å². The molecule has 2 aromatic rings. The first kappa shape index (κ1) is 20.1. The summed E-state index contributed by atoms with van der Waals surface area (Å²) in [6, 6.07) is 15.6. The van der Waals surface area contributed by atoms with Crippen LogP contribution in [0.15, 0.2) is 54.6 Å². The number of benzene rings is 2. The molecule has 1 atom stereocenters. The van der Waals surface area contributed by atoms with Crippen LogP contribution in [0.3, 0.4) is 0 Å². The summed E-state index contributed by atoms with van der Waals surface area (Å²) in [6.07, 6.45) is 0.240. The number of nitrogens with one attached hydrogen (secondary N) is 1. The van der Waals surface area contributed by atoms with Crippen LogP contribution in [0.1, 0.15) is 37.4 Å². The van der Waals surface area contributed by atoms with Crippen molar-refractivity contribution in [2.75, 3.05) is 6.54 Å². The molecule has 24 heavy (non-hydrogen) atoms. The van der Waals surface area contributed by atoms with Crippen molar-refractivity contribution < 1.29 is 9.18 Å². The molecule has 3 nitrogen and oxygen atoms in total. The Bertz CT molecular complexity index is 644. The lowest BCUT2D eigenvalue weighted by Gasteiger charge is -2.26. The maximum Gasteiger partial charge on any atom is 0.221 e. The lowest BCUT2D eigenvalue weighted by Crippen LogP contribution is -2.37. The summed E-state index contributed by atoms with van der Waals surface area (Å²) >= 11 is 0. The molecule has 0 aliphatic heterocycles. The molecule has 2 rings (SSSR count). The summed E-state index contributed by atoms with van der Waals surface area (Å²) in [5, 5.41) is 2.92. The SMILES string of the molecule is CC(C)(CNC(=O)CC(N)c1ccccc1)c1ccc(F)cc1.Cl. The van der Waals surface area contributed by atoms with Gasteiger partial charge in [-0.1, -0.05) is 56.3 Å². The standard InChI is InChI=1S/C19H23FN2O.ClH/c1-19(2,15-8-10-16(20)11-9-15)13-22-18(23)12-17(21)14-6-4-3-5-7-14;/h3-11,17H,12-13,21H2,1-2H3,(H,22,23);1H. The minimum absolute atomic E-state index is 0. The summed E-state index contributed by atoms with van der Waals surface area (Å²) in [5.41, 5.74) is 7.71. The zero-order valence-corrected chi connectivity index (χ0v) is 14.8. The van der Waals surface area contributed by atoms with Crippen molar-refractivity contribution in [3.05, 3.63) is 71.5 Å². The minimum atomic E-state index is -0.315. The summed E-state index contributed by atoms with van der Waals surface area (Å²) in [7, 11) is 0. The maximum absolute atomic E-state index is 13.0. The number of hydrogen-bond acceptors (Lipinski definition) is 2. The number of hydrogen-bond donors (Lipinski definition) is 2. The van der Waals surface area contributed by atoms with E-state index in [1.54, 1.807) is 12.1 Å². The third kappa shape index (κ3) is 5.62. The number of amides is 1. The number of carbonyl (C=O) groups excluding carboxylic acids is 1. The van der Waals surface area contributed by atoms with Crippen LogP contribution in [0.2, 0.25) is 0 Å². The van der Waals surface area contributed by atoms with Crippen LogP contribution in [-0.2, 0) is 10.2 Å². The van der Waals surface area contributed by atoms with Crippen LogP contribution in [0.25, 0.3) is 0 Å². The molecule has 0 fully saturated rings. The highest BCUT2D eigenvalue weighted by molar-refractivity contribution is 5.85. The van der Waals surface area contributed by atoms with Gasteiger partial charge in [0.25, 0.3) is 0 Å². The normalized spacial score (nSPS) is 12.2. The van der Waals surface area contributed by atoms with E-state index in [-0.39, 0.29) is 42.0 Å². The summed E-state index contributed by atoms with van der Waals surface area (Å²) < 4.78 is 13.0. The Kier molecular flexibility index (Phi) is 7.39. The lowest BCUT2D eigenvalue weighted by atomic mass is 9.84. The molecule has 0 spiro atoms. The predicted molar refractivity (Wildman–Crippen MR) is 97.7 cm³/mol. The van der Waals surface area contributed by atoms with Gasteiger partial charge in [-0.05, 0) is 23.3 Å². The largest absolute Gasteiger partial charge is 0.355 e. The van der Waals surface area contributed by atoms with Crippen molar-refractivity contribution in [2.24, 2.45) is 5.73 Å². The van der Waals surface area contributed by atoms with Crippen LogP contribution < -0.4 is 11.1 Å². The second-order valence-electron chi connectivity index (χ2n) is 6.39. The fourth-order valence-corrected chi connectivity index (χ4v) is 2.41. The quantitative estimate of drug-likeness (QED) is 0.834. The molecular formula is C19H24ClFN2O. The van der Waals surface area contributed by atoms with Crippen molar-refractivity contribution in [1.82, 2.24) is 5.32 Å². The Labute approximate surface area is 148 Å². The van der Waals surface area contributed by atoms with Gasteiger partial charge in [-0.15, -0.1) is 12.4 Å². The van der Waals surface area contributed by atoms with Gasteiger partial charge in [0.15, 0.2) is 0 Å². The van der Waals surface area contributed by atoms with Gasteiger partial charge in [-0.25, -0.2) is 4.39 Å². The molecule has 5 heteroatoms. The number of rotatable bonds is 6. The van der Waals surface area contributed by atoms with Gasteiger partial charge in [0.1, 0.15) is 5.82 Å². The highest BCUT2D eigenvalue weighted by Crippen LogP contribution is 2.22. The Morgan fingerprint density at radius 2 is 1.71 bits per heavy atom. The van der Waals surface area contributed by atoms with Crippen LogP contribution in [-0.4, -0.2) is 12.5 Å². The van der Waals surface area contributed by atoms with Crippen LogP contribution in [0.4, 0.5) is 4.39 Å². The Morgan fingerprint density at radius 1 is 1.12 bits per heavy atom. The highest BCUT2D eigenvalue weighted by Gasteiger charge is 2.22. The van der Waals surface area contributed by atoms with Crippen molar-refractivity contribution in [1.29, 1.82) is 0 Å². The lowest BCUT2D eigenvalue weighted by molar-refractivity contribution is -0.121. The first-order chi connectivity index (χ1) is 10.9. The second-order valence-corrected chi connectivity index (χ2v) is 6.39. The second kappa shape index (κ2) is 8.81. The topological polar surface area (TPSA) is 55.1 Å². The molecule has 2 aromatic carbocycles. The summed E-state index contributed by atoms with van der Waals surface area (Å²) in [5.74, 6) is -0.348. The van der Waals surface area contributed by atoms with Gasteiger partial charge >= 0.3 is 0 Å². The van der Waals surface area contributed by atoms with E-state index in [2.05, 4.69) is 5.32 Å². The monoisotopic (exact) mass is 350 g/mol. The third-order valence-electron chi connectivity index (χ3n) is 3.99. The predicted octanol–water partition coefficient (Wildman–Crippen LogP) is 3.73. The molecule has 0 aliphatic rings. The maximum atomic E-state index is 13.0. The molecule has 0 bridgehead atoms. The number of carbonyl (C=O) groups is 1. The van der Waals surface area contributed by atoms with Crippen molar-refractivity contribution in [3.8, 4) is 0 Å². The van der Waals surface area contributed by atoms with Crippen LogP contribution in [0, 0.1) is 5.82 Å². The molecule has 130 valence electrons. The van der Waals surface area contributed by atoms with E-state index < -0.39 is 0 Å². The van der Waals surface area contributed by atoms with Gasteiger partial charge in [0.05, 0.1) is 0 Å². The minimum Gasteiger partial charge on any atom is -0.355 e. The van der Waals surface area contributed by atoms with E-state index in [9.17, 15) is 9.18 Å². The first-order valence-corrected chi connectivity index (χ1v) is 7.72. The Balaban J connectivity index is 0.00000288. The summed E-state index contributed by atoms with van der Waals surface area (Å²) in [4.78, 5) is 12.1. The summed E-state index contributed by atoms with van der Waals surface area (Å²) in [6.45, 7) is 4.49. The molecular weight excluding hydrogens is 327 g/mol. The average Bonchev–Trinajstić information content (AvgIpc) is 2.54. The fraction of sp³-hybridized carbons (Fsp3) is 0.316. The van der Waals surface area contributed by atoms with Crippen molar-refractivity contribution in [2.45, 2.75) is 31.7 Å². The average molecular weight is 351 g/mol. The van der Waals surface area contributed by atoms with Gasteiger partial charge < -0.3 is 11.1 Å². The molecule has 3 N–H and O–H groups in total. The molecule has 1 unspecified atom stereocenters. The van der Waals surface area contributed by atoms with Crippen molar-refractivity contribution in [3.63, 3.8) is 0 Å². The molecule has 0 radical (unpaired) electrons.